The molecule has 20 heavy (non-hydrogen) atoms. The summed E-state index contributed by atoms with van der Waals surface area (Å²) in [5.41, 5.74) is 1.82. The molecule has 1 heterocycles. The van der Waals surface area contributed by atoms with Gasteiger partial charge in [-0.2, -0.15) is 0 Å². The Morgan fingerprint density at radius 1 is 1.35 bits per heavy atom. The number of anilines is 2. The second-order valence-corrected chi connectivity index (χ2v) is 5.16. The summed E-state index contributed by atoms with van der Waals surface area (Å²) in [7, 11) is 0. The number of hydrogen-bond donors (Lipinski definition) is 3. The van der Waals surface area contributed by atoms with E-state index in [1.807, 2.05) is 0 Å². The smallest absolute Gasteiger partial charge is 0.292 e. The van der Waals surface area contributed by atoms with Gasteiger partial charge in [-0.25, -0.2) is 0 Å². The standard InChI is InChI=1S/C13H16N4O3/c18-13-6-8-5-12(17(19)20)11(7-10(8)16-13)15-4-3-14-9-1-2-9/h5,7,9,14-15H,1-4,6H2,(H,16,18). The number of nitrogens with one attached hydrogen (secondary N) is 3. The van der Waals surface area contributed by atoms with Crippen LogP contribution in [0.1, 0.15) is 18.4 Å². The average molecular weight is 276 g/mol. The van der Waals surface area contributed by atoms with E-state index in [2.05, 4.69) is 16.0 Å². The summed E-state index contributed by atoms with van der Waals surface area (Å²) in [5.74, 6) is -0.123. The lowest BCUT2D eigenvalue weighted by molar-refractivity contribution is -0.384. The van der Waals surface area contributed by atoms with E-state index in [4.69, 9.17) is 0 Å². The van der Waals surface area contributed by atoms with Gasteiger partial charge in [-0.05, 0) is 24.5 Å². The van der Waals surface area contributed by atoms with Gasteiger partial charge in [-0.3, -0.25) is 14.9 Å². The maximum absolute atomic E-state index is 11.3. The molecule has 3 rings (SSSR count). The molecule has 7 heteroatoms. The number of fused-ring (bicyclic) bond motifs is 1. The fourth-order valence-corrected chi connectivity index (χ4v) is 2.32. The van der Waals surface area contributed by atoms with Crippen LogP contribution in [-0.2, 0) is 11.2 Å². The Balaban J connectivity index is 1.72. The number of hydrogen-bond acceptors (Lipinski definition) is 5. The van der Waals surface area contributed by atoms with Crippen LogP contribution in [-0.4, -0.2) is 30.0 Å². The molecule has 7 nitrogen and oxygen atoms in total. The highest BCUT2D eigenvalue weighted by Gasteiger charge is 2.24. The number of carbonyl (C=O) groups excluding carboxylic acids is 1. The minimum Gasteiger partial charge on any atom is -0.378 e. The van der Waals surface area contributed by atoms with Crippen LogP contribution < -0.4 is 16.0 Å². The molecular formula is C13H16N4O3. The molecule has 1 aromatic carbocycles. The molecule has 106 valence electrons. The molecule has 0 aromatic heterocycles. The van der Waals surface area contributed by atoms with Gasteiger partial charge in [0.25, 0.3) is 5.69 Å². The van der Waals surface area contributed by atoms with Crippen molar-refractivity contribution in [3.63, 3.8) is 0 Å². The van der Waals surface area contributed by atoms with E-state index >= 15 is 0 Å². The molecular weight excluding hydrogens is 260 g/mol. The third kappa shape index (κ3) is 2.72. The van der Waals surface area contributed by atoms with E-state index in [1.54, 1.807) is 6.07 Å². The summed E-state index contributed by atoms with van der Waals surface area (Å²) in [6.45, 7) is 1.38. The van der Waals surface area contributed by atoms with Crippen molar-refractivity contribution >= 4 is 23.0 Å². The maximum atomic E-state index is 11.3. The molecule has 0 bridgehead atoms. The van der Waals surface area contributed by atoms with Crippen LogP contribution in [0.15, 0.2) is 12.1 Å². The summed E-state index contributed by atoms with van der Waals surface area (Å²) >= 11 is 0. The van der Waals surface area contributed by atoms with Gasteiger partial charge in [0.1, 0.15) is 5.69 Å². The van der Waals surface area contributed by atoms with Crippen molar-refractivity contribution in [1.29, 1.82) is 0 Å². The molecule has 0 atom stereocenters. The Morgan fingerprint density at radius 3 is 2.85 bits per heavy atom. The Morgan fingerprint density at radius 2 is 2.15 bits per heavy atom. The molecule has 3 N–H and O–H groups in total. The zero-order valence-corrected chi connectivity index (χ0v) is 10.9. The second kappa shape index (κ2) is 5.09. The van der Waals surface area contributed by atoms with Crippen LogP contribution in [0.4, 0.5) is 17.1 Å². The van der Waals surface area contributed by atoms with Crippen LogP contribution in [0.5, 0.6) is 0 Å². The quantitative estimate of drug-likeness (QED) is 0.413. The van der Waals surface area contributed by atoms with Crippen molar-refractivity contribution in [2.24, 2.45) is 0 Å². The van der Waals surface area contributed by atoms with E-state index in [1.165, 1.54) is 18.9 Å². The highest BCUT2D eigenvalue weighted by atomic mass is 16.6. The molecule has 0 spiro atoms. The fourth-order valence-electron chi connectivity index (χ4n) is 2.32. The van der Waals surface area contributed by atoms with Gasteiger partial charge in [0, 0.05) is 30.9 Å². The molecule has 1 saturated carbocycles. The first-order valence-electron chi connectivity index (χ1n) is 6.72. The van der Waals surface area contributed by atoms with E-state index in [9.17, 15) is 14.9 Å². The molecule has 1 fully saturated rings. The van der Waals surface area contributed by atoms with E-state index in [0.29, 0.717) is 29.5 Å². The molecule has 1 amide bonds. The van der Waals surface area contributed by atoms with Gasteiger partial charge < -0.3 is 16.0 Å². The van der Waals surface area contributed by atoms with E-state index in [0.717, 1.165) is 6.54 Å². The maximum Gasteiger partial charge on any atom is 0.292 e. The van der Waals surface area contributed by atoms with Gasteiger partial charge in [-0.15, -0.1) is 0 Å². The van der Waals surface area contributed by atoms with Gasteiger partial charge in [0.05, 0.1) is 11.3 Å². The number of carbonyl (C=O) groups is 1. The SMILES string of the molecule is O=C1Cc2cc([N+](=O)[O-])c(NCCNC3CC3)cc2N1. The van der Waals surface area contributed by atoms with Crippen molar-refractivity contribution in [2.45, 2.75) is 25.3 Å². The molecule has 0 saturated heterocycles. The third-order valence-electron chi connectivity index (χ3n) is 3.49. The summed E-state index contributed by atoms with van der Waals surface area (Å²) in [6.07, 6.45) is 2.63. The minimum absolute atomic E-state index is 0.0201. The molecule has 0 radical (unpaired) electrons. The van der Waals surface area contributed by atoms with Crippen LogP contribution in [0.3, 0.4) is 0 Å². The summed E-state index contributed by atoms with van der Waals surface area (Å²) in [6, 6.07) is 3.74. The molecule has 0 unspecified atom stereocenters. The van der Waals surface area contributed by atoms with Crippen LogP contribution in [0.2, 0.25) is 0 Å². The van der Waals surface area contributed by atoms with E-state index in [-0.39, 0.29) is 18.0 Å². The highest BCUT2D eigenvalue weighted by Crippen LogP contribution is 2.34. The van der Waals surface area contributed by atoms with Crippen molar-refractivity contribution in [3.8, 4) is 0 Å². The summed E-state index contributed by atoms with van der Waals surface area (Å²) in [5, 5.41) is 20.2. The van der Waals surface area contributed by atoms with E-state index < -0.39 is 4.92 Å². The predicted molar refractivity (Wildman–Crippen MR) is 74.9 cm³/mol. The number of amides is 1. The topological polar surface area (TPSA) is 96.3 Å². The fraction of sp³-hybridized carbons (Fsp3) is 0.462. The third-order valence-corrected chi connectivity index (χ3v) is 3.49. The molecule has 1 aliphatic carbocycles. The normalized spacial score (nSPS) is 16.7. The summed E-state index contributed by atoms with van der Waals surface area (Å²) < 4.78 is 0. The first kappa shape index (κ1) is 12.9. The van der Waals surface area contributed by atoms with Crippen molar-refractivity contribution in [1.82, 2.24) is 5.32 Å². The van der Waals surface area contributed by atoms with Crippen LogP contribution in [0.25, 0.3) is 0 Å². The van der Waals surface area contributed by atoms with Crippen molar-refractivity contribution < 1.29 is 9.72 Å². The van der Waals surface area contributed by atoms with Gasteiger partial charge in [-0.1, -0.05) is 0 Å². The van der Waals surface area contributed by atoms with Gasteiger partial charge in [0.2, 0.25) is 5.91 Å². The lowest BCUT2D eigenvalue weighted by atomic mass is 10.1. The Kier molecular flexibility index (Phi) is 3.27. The minimum atomic E-state index is -0.417. The average Bonchev–Trinajstić information content (AvgIpc) is 3.14. The lowest BCUT2D eigenvalue weighted by Gasteiger charge is -2.09. The number of rotatable bonds is 6. The zero-order valence-electron chi connectivity index (χ0n) is 10.9. The number of nitro groups is 1. The zero-order chi connectivity index (χ0) is 14.1. The monoisotopic (exact) mass is 276 g/mol. The Labute approximate surface area is 115 Å². The molecule has 2 aliphatic rings. The van der Waals surface area contributed by atoms with Crippen molar-refractivity contribution in [2.75, 3.05) is 23.7 Å². The Bertz CT molecular complexity index is 569. The highest BCUT2D eigenvalue weighted by molar-refractivity contribution is 6.00. The summed E-state index contributed by atoms with van der Waals surface area (Å²) in [4.78, 5) is 22.0. The van der Waals surface area contributed by atoms with Crippen LogP contribution in [0, 0.1) is 10.1 Å². The predicted octanol–water partition coefficient (Wildman–Crippen LogP) is 1.25. The molecule has 1 aliphatic heterocycles. The van der Waals surface area contributed by atoms with Crippen molar-refractivity contribution in [3.05, 3.63) is 27.8 Å². The molecule has 1 aromatic rings. The largest absolute Gasteiger partial charge is 0.378 e. The first-order chi connectivity index (χ1) is 9.63. The van der Waals surface area contributed by atoms with Gasteiger partial charge in [0.15, 0.2) is 0 Å². The van der Waals surface area contributed by atoms with Crippen LogP contribution >= 0.6 is 0 Å². The number of nitrogens with zero attached hydrogens (tertiary/aromatic N) is 1. The first-order valence-corrected chi connectivity index (χ1v) is 6.72. The lowest BCUT2D eigenvalue weighted by Crippen LogP contribution is -2.24. The second-order valence-electron chi connectivity index (χ2n) is 5.16. The van der Waals surface area contributed by atoms with Gasteiger partial charge >= 0.3 is 0 Å². The number of benzene rings is 1. The Hall–Kier alpha value is -2.15. The number of nitro benzene ring substituents is 1.